The molecule has 2 heterocycles. The SMILES string of the molecule is C1CNCCC(=C2CCOC2)C1. The van der Waals surface area contributed by atoms with Crippen molar-refractivity contribution in [1.29, 1.82) is 0 Å². The van der Waals surface area contributed by atoms with Crippen molar-refractivity contribution in [3.63, 3.8) is 0 Å². The quantitative estimate of drug-likeness (QED) is 0.552. The smallest absolute Gasteiger partial charge is 0.0680 e. The van der Waals surface area contributed by atoms with Gasteiger partial charge < -0.3 is 10.1 Å². The minimum atomic E-state index is 0.912. The Balaban J connectivity index is 2.03. The molecule has 68 valence electrons. The van der Waals surface area contributed by atoms with E-state index in [-0.39, 0.29) is 0 Å². The molecule has 0 atom stereocenters. The number of rotatable bonds is 0. The maximum Gasteiger partial charge on any atom is 0.0680 e. The van der Waals surface area contributed by atoms with Crippen molar-refractivity contribution in [2.75, 3.05) is 26.3 Å². The highest BCUT2D eigenvalue weighted by molar-refractivity contribution is 5.17. The van der Waals surface area contributed by atoms with Crippen LogP contribution in [0.15, 0.2) is 11.1 Å². The van der Waals surface area contributed by atoms with E-state index < -0.39 is 0 Å². The van der Waals surface area contributed by atoms with Crippen LogP contribution in [0.2, 0.25) is 0 Å². The molecule has 0 aromatic carbocycles. The average molecular weight is 167 g/mol. The first-order valence-electron chi connectivity index (χ1n) is 4.95. The fourth-order valence-corrected chi connectivity index (χ4v) is 2.01. The van der Waals surface area contributed by atoms with Crippen LogP contribution in [-0.4, -0.2) is 26.3 Å². The molecule has 12 heavy (non-hydrogen) atoms. The summed E-state index contributed by atoms with van der Waals surface area (Å²) < 4.78 is 5.37. The second kappa shape index (κ2) is 4.06. The predicted molar refractivity (Wildman–Crippen MR) is 49.2 cm³/mol. The molecule has 2 rings (SSSR count). The molecule has 0 aliphatic carbocycles. The summed E-state index contributed by atoms with van der Waals surface area (Å²) in [6.07, 6.45) is 5.04. The van der Waals surface area contributed by atoms with Gasteiger partial charge in [0.2, 0.25) is 0 Å². The van der Waals surface area contributed by atoms with Crippen molar-refractivity contribution in [2.45, 2.75) is 25.7 Å². The maximum absolute atomic E-state index is 5.37. The molecule has 0 saturated carbocycles. The molecule has 0 bridgehead atoms. The molecule has 0 spiro atoms. The van der Waals surface area contributed by atoms with Crippen molar-refractivity contribution < 1.29 is 4.74 Å². The molecule has 0 aromatic rings. The lowest BCUT2D eigenvalue weighted by molar-refractivity contribution is 0.204. The van der Waals surface area contributed by atoms with Gasteiger partial charge in [-0.2, -0.15) is 0 Å². The van der Waals surface area contributed by atoms with E-state index in [1.807, 2.05) is 0 Å². The molecule has 2 fully saturated rings. The van der Waals surface area contributed by atoms with Gasteiger partial charge in [0.05, 0.1) is 13.2 Å². The van der Waals surface area contributed by atoms with Crippen LogP contribution in [0.1, 0.15) is 25.7 Å². The second-order valence-electron chi connectivity index (χ2n) is 3.61. The van der Waals surface area contributed by atoms with Crippen LogP contribution in [0.5, 0.6) is 0 Å². The van der Waals surface area contributed by atoms with Gasteiger partial charge in [0.15, 0.2) is 0 Å². The Kier molecular flexibility index (Phi) is 2.79. The Bertz CT molecular complexity index is 168. The first-order valence-corrected chi connectivity index (χ1v) is 4.95. The van der Waals surface area contributed by atoms with Gasteiger partial charge in [-0.15, -0.1) is 0 Å². The van der Waals surface area contributed by atoms with Crippen LogP contribution in [-0.2, 0) is 4.74 Å². The molecule has 0 aromatic heterocycles. The molecule has 2 aliphatic heterocycles. The molecule has 2 nitrogen and oxygen atoms in total. The first-order chi connectivity index (χ1) is 5.97. The van der Waals surface area contributed by atoms with E-state index in [0.29, 0.717) is 0 Å². The summed E-state index contributed by atoms with van der Waals surface area (Å²) >= 11 is 0. The van der Waals surface area contributed by atoms with Crippen LogP contribution in [0.3, 0.4) is 0 Å². The normalized spacial score (nSPS) is 32.0. The lowest BCUT2D eigenvalue weighted by atomic mass is 10.0. The summed E-state index contributed by atoms with van der Waals surface area (Å²) in [5.41, 5.74) is 3.27. The molecular weight excluding hydrogens is 150 g/mol. The first kappa shape index (κ1) is 8.27. The van der Waals surface area contributed by atoms with Gasteiger partial charge in [0, 0.05) is 0 Å². The molecule has 0 amide bonds. The van der Waals surface area contributed by atoms with Gasteiger partial charge in [0.1, 0.15) is 0 Å². The molecule has 1 N–H and O–H groups in total. The third-order valence-electron chi connectivity index (χ3n) is 2.76. The minimum Gasteiger partial charge on any atom is -0.377 e. The monoisotopic (exact) mass is 167 g/mol. The second-order valence-corrected chi connectivity index (χ2v) is 3.61. The van der Waals surface area contributed by atoms with E-state index in [0.717, 1.165) is 13.2 Å². The van der Waals surface area contributed by atoms with E-state index in [2.05, 4.69) is 5.32 Å². The van der Waals surface area contributed by atoms with Crippen LogP contribution in [0.4, 0.5) is 0 Å². The van der Waals surface area contributed by atoms with Gasteiger partial charge in [-0.05, 0) is 44.3 Å². The predicted octanol–water partition coefficient (Wildman–Crippen LogP) is 1.48. The Morgan fingerprint density at radius 1 is 1.00 bits per heavy atom. The third-order valence-corrected chi connectivity index (χ3v) is 2.76. The van der Waals surface area contributed by atoms with Crippen molar-refractivity contribution in [3.05, 3.63) is 11.1 Å². The summed E-state index contributed by atoms with van der Waals surface area (Å²) in [6, 6.07) is 0. The van der Waals surface area contributed by atoms with E-state index in [9.17, 15) is 0 Å². The highest BCUT2D eigenvalue weighted by Gasteiger charge is 2.13. The summed E-state index contributed by atoms with van der Waals surface area (Å²) in [5.74, 6) is 0. The largest absolute Gasteiger partial charge is 0.377 e. The van der Waals surface area contributed by atoms with Gasteiger partial charge in [-0.1, -0.05) is 5.57 Å². The fourth-order valence-electron chi connectivity index (χ4n) is 2.01. The lowest BCUT2D eigenvalue weighted by Gasteiger charge is -2.05. The molecule has 2 saturated heterocycles. The minimum absolute atomic E-state index is 0.912. The van der Waals surface area contributed by atoms with Crippen LogP contribution in [0.25, 0.3) is 0 Å². The molecule has 2 heteroatoms. The molecule has 0 unspecified atom stereocenters. The number of nitrogens with one attached hydrogen (secondary N) is 1. The highest BCUT2D eigenvalue weighted by Crippen LogP contribution is 2.23. The highest BCUT2D eigenvalue weighted by atomic mass is 16.5. The summed E-state index contributed by atoms with van der Waals surface area (Å²) in [4.78, 5) is 0. The molecular formula is C10H17NO. The zero-order valence-electron chi connectivity index (χ0n) is 7.57. The number of hydrogen-bond acceptors (Lipinski definition) is 2. The van der Waals surface area contributed by atoms with Crippen molar-refractivity contribution >= 4 is 0 Å². The van der Waals surface area contributed by atoms with Gasteiger partial charge in [-0.25, -0.2) is 0 Å². The topological polar surface area (TPSA) is 21.3 Å². The van der Waals surface area contributed by atoms with Crippen LogP contribution in [0, 0.1) is 0 Å². The molecule has 0 radical (unpaired) electrons. The fraction of sp³-hybridized carbons (Fsp3) is 0.800. The Hall–Kier alpha value is -0.340. The Labute approximate surface area is 74.0 Å². The van der Waals surface area contributed by atoms with Crippen molar-refractivity contribution in [2.24, 2.45) is 0 Å². The van der Waals surface area contributed by atoms with Crippen LogP contribution < -0.4 is 5.32 Å². The summed E-state index contributed by atoms with van der Waals surface area (Å²) in [5, 5.41) is 3.43. The Morgan fingerprint density at radius 3 is 2.83 bits per heavy atom. The maximum atomic E-state index is 5.37. The van der Waals surface area contributed by atoms with E-state index in [4.69, 9.17) is 4.74 Å². The summed E-state index contributed by atoms with van der Waals surface area (Å²) in [6.45, 7) is 4.22. The zero-order chi connectivity index (χ0) is 8.23. The standard InChI is InChI=1S/C10H17NO/c1-2-9(3-6-11-5-1)10-4-7-12-8-10/h11H,1-8H2. The van der Waals surface area contributed by atoms with Gasteiger partial charge in [0.25, 0.3) is 0 Å². The van der Waals surface area contributed by atoms with E-state index in [1.165, 1.54) is 38.8 Å². The molecule has 2 aliphatic rings. The van der Waals surface area contributed by atoms with Crippen molar-refractivity contribution in [1.82, 2.24) is 5.32 Å². The van der Waals surface area contributed by atoms with E-state index >= 15 is 0 Å². The van der Waals surface area contributed by atoms with Gasteiger partial charge in [-0.3, -0.25) is 0 Å². The number of hydrogen-bond donors (Lipinski definition) is 1. The number of ether oxygens (including phenoxy) is 1. The Morgan fingerprint density at radius 2 is 2.00 bits per heavy atom. The zero-order valence-corrected chi connectivity index (χ0v) is 7.57. The lowest BCUT2D eigenvalue weighted by Crippen LogP contribution is -2.13. The van der Waals surface area contributed by atoms with Crippen molar-refractivity contribution in [3.8, 4) is 0 Å². The van der Waals surface area contributed by atoms with Gasteiger partial charge >= 0.3 is 0 Å². The van der Waals surface area contributed by atoms with E-state index in [1.54, 1.807) is 11.1 Å². The van der Waals surface area contributed by atoms with Crippen LogP contribution >= 0.6 is 0 Å². The average Bonchev–Trinajstić information content (AvgIpc) is 2.48. The third kappa shape index (κ3) is 1.87. The summed E-state index contributed by atoms with van der Waals surface area (Å²) in [7, 11) is 0.